The van der Waals surface area contributed by atoms with Gasteiger partial charge in [-0.15, -0.1) is 12.3 Å². The van der Waals surface area contributed by atoms with Crippen LogP contribution in [-0.4, -0.2) is 16.5 Å². The summed E-state index contributed by atoms with van der Waals surface area (Å²) in [6, 6.07) is 0. The number of carbonyl (C=O) groups excluding carboxylic acids is 1. The molecule has 0 aromatic heterocycles. The van der Waals surface area contributed by atoms with E-state index in [1.54, 1.807) is 5.57 Å². The molecule has 0 aliphatic heterocycles. The standard InChI is InChI=1S/C23H28O2/c1-3-11-22-13-9-19-18-8-6-17(24)15-16(18)5-7-20(19)21(22)10-14-23(22,25)12-4-2/h3,12,15,20-21,25H,1-2,5-11,13-14H2/t20-,21+,22?,23+/m1/s1. The van der Waals surface area contributed by atoms with Crippen molar-refractivity contribution in [1.82, 2.24) is 0 Å². The lowest BCUT2D eigenvalue weighted by molar-refractivity contribution is -0.114. The Morgan fingerprint density at radius 1 is 1.24 bits per heavy atom. The van der Waals surface area contributed by atoms with E-state index in [-0.39, 0.29) is 5.41 Å². The van der Waals surface area contributed by atoms with Crippen molar-refractivity contribution in [3.05, 3.63) is 53.8 Å². The molecule has 4 rings (SSSR count). The highest BCUT2D eigenvalue weighted by atomic mass is 16.3. The van der Waals surface area contributed by atoms with E-state index in [9.17, 15) is 9.90 Å². The molecule has 1 unspecified atom stereocenters. The zero-order chi connectivity index (χ0) is 17.7. The van der Waals surface area contributed by atoms with Crippen molar-refractivity contribution in [3.63, 3.8) is 0 Å². The Hall–Kier alpha value is -1.63. The molecule has 0 bridgehead atoms. The molecule has 2 saturated carbocycles. The average Bonchev–Trinajstić information content (AvgIpc) is 2.88. The fourth-order valence-electron chi connectivity index (χ4n) is 6.48. The molecule has 4 atom stereocenters. The van der Waals surface area contributed by atoms with Gasteiger partial charge in [0.25, 0.3) is 0 Å². The van der Waals surface area contributed by atoms with Crippen molar-refractivity contribution in [1.29, 1.82) is 0 Å². The third-order valence-electron chi connectivity index (χ3n) is 7.49. The van der Waals surface area contributed by atoms with Gasteiger partial charge >= 0.3 is 0 Å². The smallest absolute Gasteiger partial charge is 0.156 e. The summed E-state index contributed by atoms with van der Waals surface area (Å²) < 4.78 is 0. The van der Waals surface area contributed by atoms with Crippen LogP contribution in [0.25, 0.3) is 0 Å². The van der Waals surface area contributed by atoms with Gasteiger partial charge in [-0.2, -0.15) is 0 Å². The molecule has 2 heteroatoms. The fraction of sp³-hybridized carbons (Fsp3) is 0.565. The summed E-state index contributed by atoms with van der Waals surface area (Å²) in [5, 5.41) is 11.4. The van der Waals surface area contributed by atoms with Crippen LogP contribution in [0.1, 0.15) is 57.8 Å². The van der Waals surface area contributed by atoms with Gasteiger partial charge in [0.1, 0.15) is 0 Å². The summed E-state index contributed by atoms with van der Waals surface area (Å²) in [6.45, 7) is 7.72. The first-order valence-corrected chi connectivity index (χ1v) is 9.70. The van der Waals surface area contributed by atoms with Gasteiger partial charge < -0.3 is 5.11 Å². The Kier molecular flexibility index (Phi) is 4.02. The van der Waals surface area contributed by atoms with Crippen LogP contribution >= 0.6 is 0 Å². The van der Waals surface area contributed by atoms with Gasteiger partial charge in [0, 0.05) is 11.8 Å². The molecule has 0 spiro atoms. The summed E-state index contributed by atoms with van der Waals surface area (Å²) >= 11 is 0. The van der Waals surface area contributed by atoms with Crippen molar-refractivity contribution < 1.29 is 9.90 Å². The van der Waals surface area contributed by atoms with Crippen LogP contribution in [-0.2, 0) is 4.79 Å². The Morgan fingerprint density at radius 3 is 2.84 bits per heavy atom. The topological polar surface area (TPSA) is 37.3 Å². The van der Waals surface area contributed by atoms with Crippen molar-refractivity contribution >= 4 is 5.78 Å². The van der Waals surface area contributed by atoms with Crippen molar-refractivity contribution in [2.24, 2.45) is 17.3 Å². The zero-order valence-electron chi connectivity index (χ0n) is 15.0. The van der Waals surface area contributed by atoms with Gasteiger partial charge in [0.15, 0.2) is 5.78 Å². The Morgan fingerprint density at radius 2 is 2.08 bits per heavy atom. The highest BCUT2D eigenvalue weighted by Gasteiger charge is 2.61. The molecular formula is C23H28O2. The second-order valence-electron chi connectivity index (χ2n) is 8.35. The van der Waals surface area contributed by atoms with Gasteiger partial charge in [-0.05, 0) is 86.5 Å². The first-order valence-electron chi connectivity index (χ1n) is 9.70. The minimum absolute atomic E-state index is 0.125. The van der Waals surface area contributed by atoms with Crippen LogP contribution in [0, 0.1) is 17.3 Å². The summed E-state index contributed by atoms with van der Waals surface area (Å²) in [7, 11) is 0. The van der Waals surface area contributed by atoms with Crippen LogP contribution < -0.4 is 0 Å². The molecule has 0 radical (unpaired) electrons. The number of ketones is 1. The summed E-state index contributed by atoms with van der Waals surface area (Å²) in [6.07, 6.45) is 14.2. The van der Waals surface area contributed by atoms with Gasteiger partial charge in [-0.3, -0.25) is 4.79 Å². The molecule has 0 aromatic carbocycles. The summed E-state index contributed by atoms with van der Waals surface area (Å²) in [5.41, 5.74) is 6.33. The largest absolute Gasteiger partial charge is 0.385 e. The quantitative estimate of drug-likeness (QED) is 0.592. The minimum Gasteiger partial charge on any atom is -0.385 e. The van der Waals surface area contributed by atoms with E-state index in [2.05, 4.69) is 18.9 Å². The monoisotopic (exact) mass is 336 g/mol. The molecule has 0 aromatic rings. The molecule has 2 nitrogen and oxygen atoms in total. The minimum atomic E-state index is -0.803. The highest BCUT2D eigenvalue weighted by molar-refractivity contribution is 5.93. The molecule has 0 amide bonds. The number of carbonyl (C=O) groups is 1. The van der Waals surface area contributed by atoms with E-state index >= 15 is 0 Å². The average molecular weight is 336 g/mol. The van der Waals surface area contributed by atoms with Gasteiger partial charge in [-0.1, -0.05) is 18.2 Å². The number of hydrogen-bond acceptors (Lipinski definition) is 2. The summed E-state index contributed by atoms with van der Waals surface area (Å²) in [5.74, 6) is 1.35. The van der Waals surface area contributed by atoms with Crippen molar-refractivity contribution in [3.8, 4) is 0 Å². The van der Waals surface area contributed by atoms with Crippen LogP contribution in [0.4, 0.5) is 0 Å². The number of hydrogen-bond donors (Lipinski definition) is 1. The number of allylic oxidation sites excluding steroid dienone is 5. The maximum Gasteiger partial charge on any atom is 0.156 e. The predicted octanol–water partition coefficient (Wildman–Crippen LogP) is 4.82. The zero-order valence-corrected chi connectivity index (χ0v) is 15.0. The van der Waals surface area contributed by atoms with E-state index in [4.69, 9.17) is 0 Å². The van der Waals surface area contributed by atoms with E-state index in [1.807, 2.05) is 18.2 Å². The van der Waals surface area contributed by atoms with Gasteiger partial charge in [0.2, 0.25) is 0 Å². The second kappa shape index (κ2) is 5.97. The fourth-order valence-corrected chi connectivity index (χ4v) is 6.48. The number of rotatable bonds is 3. The van der Waals surface area contributed by atoms with E-state index in [0.717, 1.165) is 51.4 Å². The molecule has 4 aliphatic rings. The molecule has 25 heavy (non-hydrogen) atoms. The molecule has 132 valence electrons. The molecule has 4 aliphatic carbocycles. The predicted molar refractivity (Wildman–Crippen MR) is 99.9 cm³/mol. The third kappa shape index (κ3) is 2.31. The first-order chi connectivity index (χ1) is 12.0. The Labute approximate surface area is 150 Å². The lowest BCUT2D eigenvalue weighted by Crippen LogP contribution is -2.50. The highest BCUT2D eigenvalue weighted by Crippen LogP contribution is 2.65. The van der Waals surface area contributed by atoms with E-state index < -0.39 is 5.60 Å². The molecule has 0 saturated heterocycles. The number of fused-ring (bicyclic) bond motifs is 4. The van der Waals surface area contributed by atoms with Crippen LogP contribution in [0.3, 0.4) is 0 Å². The SMILES string of the molecule is C=C=C[C@]1(O)CC[C@H]2[C@@H]3CCC4=CC(=O)CCC4=C3CCC21CC=C. The lowest BCUT2D eigenvalue weighted by Gasteiger charge is -2.52. The van der Waals surface area contributed by atoms with Crippen LogP contribution in [0.2, 0.25) is 0 Å². The lowest BCUT2D eigenvalue weighted by atomic mass is 9.53. The van der Waals surface area contributed by atoms with E-state index in [0.29, 0.717) is 24.0 Å². The van der Waals surface area contributed by atoms with Crippen LogP contribution in [0.5, 0.6) is 0 Å². The summed E-state index contributed by atoms with van der Waals surface area (Å²) in [4.78, 5) is 11.8. The van der Waals surface area contributed by atoms with E-state index in [1.165, 1.54) is 11.1 Å². The molecule has 0 heterocycles. The Bertz CT molecular complexity index is 733. The third-order valence-corrected chi connectivity index (χ3v) is 7.49. The Balaban J connectivity index is 1.78. The molecular weight excluding hydrogens is 308 g/mol. The molecule has 2 fully saturated rings. The number of aliphatic hydroxyl groups is 1. The second-order valence-corrected chi connectivity index (χ2v) is 8.35. The molecule has 1 N–H and O–H groups in total. The maximum absolute atomic E-state index is 11.8. The van der Waals surface area contributed by atoms with Gasteiger partial charge in [0.05, 0.1) is 5.60 Å². The van der Waals surface area contributed by atoms with Crippen molar-refractivity contribution in [2.75, 3.05) is 0 Å². The maximum atomic E-state index is 11.8. The van der Waals surface area contributed by atoms with Crippen molar-refractivity contribution in [2.45, 2.75) is 63.4 Å². The first kappa shape index (κ1) is 16.8. The van der Waals surface area contributed by atoms with Gasteiger partial charge in [-0.25, -0.2) is 0 Å². The van der Waals surface area contributed by atoms with Crippen LogP contribution in [0.15, 0.2) is 53.8 Å². The normalized spacial score (nSPS) is 39.7.